The molecule has 0 heterocycles. The van der Waals surface area contributed by atoms with Gasteiger partial charge in [0.1, 0.15) is 18.8 Å². The van der Waals surface area contributed by atoms with E-state index in [0.29, 0.717) is 38.0 Å². The fourth-order valence-corrected chi connectivity index (χ4v) is 2.61. The number of esters is 2. The highest BCUT2D eigenvalue weighted by molar-refractivity contribution is 5.87. The van der Waals surface area contributed by atoms with Crippen LogP contribution in [-0.4, -0.2) is 94.6 Å². The third kappa shape index (κ3) is 19.5. The van der Waals surface area contributed by atoms with Crippen molar-refractivity contribution < 1.29 is 47.7 Å². The second-order valence-electron chi connectivity index (χ2n) is 8.01. The van der Waals surface area contributed by atoms with E-state index < -0.39 is 30.2 Å². The molecule has 1 N–H and O–H groups in total. The average Bonchev–Trinajstić information content (AvgIpc) is 2.84. The molecule has 0 spiro atoms. The summed E-state index contributed by atoms with van der Waals surface area (Å²) in [6.45, 7) is 9.85. The molecule has 0 aromatic heterocycles. The first-order valence-electron chi connectivity index (χ1n) is 11.9. The highest BCUT2D eigenvalue weighted by Gasteiger charge is 2.19. The Hall–Kier alpha value is -3.37. The number of amides is 1. The standard InChI is InChI=1S/C24H37N3O10/c1-18(2)22(30)36-19(3)14-33-11-7-12-34-15-20(4)37-24(32)26-10-13-35-23(31)21(27-17-29)8-5-6-9-25-16-28/h19-21H,1,5-15H2,2-4H3,(H,26,32). The summed E-state index contributed by atoms with van der Waals surface area (Å²) < 4.78 is 26.1. The molecule has 0 aliphatic heterocycles. The van der Waals surface area contributed by atoms with Crippen molar-refractivity contribution in [1.82, 2.24) is 5.32 Å². The van der Waals surface area contributed by atoms with Crippen molar-refractivity contribution in [2.45, 2.75) is 64.7 Å². The van der Waals surface area contributed by atoms with Gasteiger partial charge < -0.3 is 29.0 Å². The molecule has 0 aromatic rings. The van der Waals surface area contributed by atoms with Crippen molar-refractivity contribution in [1.29, 1.82) is 0 Å². The number of ether oxygens (including phenoxy) is 5. The van der Waals surface area contributed by atoms with E-state index in [1.165, 1.54) is 12.2 Å². The van der Waals surface area contributed by atoms with Crippen molar-refractivity contribution in [3.63, 3.8) is 0 Å². The molecule has 0 saturated heterocycles. The molecule has 0 bridgehead atoms. The third-order valence-corrected chi connectivity index (χ3v) is 4.41. The van der Waals surface area contributed by atoms with E-state index in [0.717, 1.165) is 0 Å². The zero-order chi connectivity index (χ0) is 27.9. The maximum atomic E-state index is 12.0. The first kappa shape index (κ1) is 33.6. The molecule has 0 radical (unpaired) electrons. The second-order valence-corrected chi connectivity index (χ2v) is 8.01. The summed E-state index contributed by atoms with van der Waals surface area (Å²) >= 11 is 0. The molecule has 13 nitrogen and oxygen atoms in total. The van der Waals surface area contributed by atoms with Gasteiger partial charge in [0.25, 0.3) is 0 Å². The van der Waals surface area contributed by atoms with Gasteiger partial charge in [-0.1, -0.05) is 6.58 Å². The zero-order valence-corrected chi connectivity index (χ0v) is 21.7. The fraction of sp³-hybridized carbons (Fsp3) is 0.708. The molecule has 1 amide bonds. The van der Waals surface area contributed by atoms with Crippen LogP contribution < -0.4 is 5.32 Å². The largest absolute Gasteiger partial charge is 0.462 e. The molecule has 37 heavy (non-hydrogen) atoms. The Morgan fingerprint density at radius 2 is 1.57 bits per heavy atom. The van der Waals surface area contributed by atoms with Gasteiger partial charge in [-0.15, -0.1) is 0 Å². The van der Waals surface area contributed by atoms with Crippen molar-refractivity contribution in [3.05, 3.63) is 12.2 Å². The maximum Gasteiger partial charge on any atom is 0.407 e. The lowest BCUT2D eigenvalue weighted by atomic mass is 10.1. The van der Waals surface area contributed by atoms with Crippen LogP contribution in [0.1, 0.15) is 46.5 Å². The summed E-state index contributed by atoms with van der Waals surface area (Å²) in [5.74, 6) is -1.17. The van der Waals surface area contributed by atoms with E-state index >= 15 is 0 Å². The molecule has 3 atom stereocenters. The maximum absolute atomic E-state index is 12.0. The van der Waals surface area contributed by atoms with Crippen molar-refractivity contribution in [2.75, 3.05) is 46.1 Å². The first-order chi connectivity index (χ1) is 17.7. The van der Waals surface area contributed by atoms with Gasteiger partial charge >= 0.3 is 18.0 Å². The molecule has 3 unspecified atom stereocenters. The molecule has 208 valence electrons. The Morgan fingerprint density at radius 1 is 0.919 bits per heavy atom. The number of rotatable bonds is 21. The minimum absolute atomic E-state index is 0.00116. The number of unbranched alkanes of at least 4 members (excludes halogenated alkanes) is 1. The molecule has 13 heteroatoms. The van der Waals surface area contributed by atoms with Crippen molar-refractivity contribution >= 4 is 30.2 Å². The normalized spacial score (nSPS) is 12.6. The highest BCUT2D eigenvalue weighted by Crippen LogP contribution is 2.07. The van der Waals surface area contributed by atoms with Gasteiger partial charge in [0.2, 0.25) is 12.2 Å². The van der Waals surface area contributed by atoms with Gasteiger partial charge in [-0.3, -0.25) is 0 Å². The molecule has 0 aliphatic rings. The zero-order valence-electron chi connectivity index (χ0n) is 21.7. The summed E-state index contributed by atoms with van der Waals surface area (Å²) in [6.07, 6.45) is 3.03. The number of hydrogen-bond acceptors (Lipinski definition) is 12. The van der Waals surface area contributed by atoms with Crippen LogP contribution in [0.4, 0.5) is 4.79 Å². The Morgan fingerprint density at radius 3 is 2.16 bits per heavy atom. The lowest BCUT2D eigenvalue weighted by Crippen LogP contribution is -2.33. The molecular formula is C24H37N3O10. The van der Waals surface area contributed by atoms with E-state index in [2.05, 4.69) is 21.9 Å². The van der Waals surface area contributed by atoms with Crippen molar-refractivity contribution in [2.24, 2.45) is 9.98 Å². The SMILES string of the molecule is C=C(C)C(=O)OC(C)COCCCOCC(C)OC(=O)NCCOC(=O)C(CCCCN=C=O)N=C=O. The molecule has 0 rings (SSSR count). The lowest BCUT2D eigenvalue weighted by molar-refractivity contribution is -0.146. The molecule has 0 aromatic carbocycles. The Balaban J connectivity index is 3.88. The predicted molar refractivity (Wildman–Crippen MR) is 130 cm³/mol. The van der Waals surface area contributed by atoms with Crippen LogP contribution in [0, 0.1) is 0 Å². The Bertz CT molecular complexity index is 807. The van der Waals surface area contributed by atoms with Crippen LogP contribution in [0.3, 0.4) is 0 Å². The summed E-state index contributed by atoms with van der Waals surface area (Å²) in [4.78, 5) is 62.6. The number of isocyanates is 2. The predicted octanol–water partition coefficient (Wildman–Crippen LogP) is 1.79. The number of hydrogen-bond donors (Lipinski definition) is 1. The number of carbonyl (C=O) groups is 3. The summed E-state index contributed by atoms with van der Waals surface area (Å²) in [5.41, 5.74) is 0.329. The van der Waals surface area contributed by atoms with E-state index in [1.54, 1.807) is 20.8 Å². The van der Waals surface area contributed by atoms with Gasteiger partial charge in [-0.2, -0.15) is 4.99 Å². The van der Waals surface area contributed by atoms with Crippen LogP contribution in [-0.2, 0) is 42.9 Å². The number of aliphatic imine (C=N–C) groups is 2. The second kappa shape index (κ2) is 21.9. The van der Waals surface area contributed by atoms with E-state index in [1.807, 2.05) is 0 Å². The molecule has 0 saturated carbocycles. The van der Waals surface area contributed by atoms with Crippen LogP contribution in [0.2, 0.25) is 0 Å². The molecule has 0 aliphatic carbocycles. The van der Waals surface area contributed by atoms with Crippen LogP contribution in [0.5, 0.6) is 0 Å². The number of nitrogens with zero attached hydrogens (tertiary/aromatic N) is 2. The van der Waals surface area contributed by atoms with Crippen LogP contribution >= 0.6 is 0 Å². The Labute approximate surface area is 216 Å². The van der Waals surface area contributed by atoms with Crippen LogP contribution in [0.25, 0.3) is 0 Å². The average molecular weight is 528 g/mol. The van der Waals surface area contributed by atoms with E-state index in [-0.39, 0.29) is 45.4 Å². The van der Waals surface area contributed by atoms with Crippen LogP contribution in [0.15, 0.2) is 22.1 Å². The quantitative estimate of drug-likeness (QED) is 0.0580. The van der Waals surface area contributed by atoms with Gasteiger partial charge in [-0.05, 0) is 46.5 Å². The monoisotopic (exact) mass is 527 g/mol. The van der Waals surface area contributed by atoms with Gasteiger partial charge in [0.05, 0.1) is 26.3 Å². The highest BCUT2D eigenvalue weighted by atomic mass is 16.6. The van der Waals surface area contributed by atoms with Crippen molar-refractivity contribution in [3.8, 4) is 0 Å². The summed E-state index contributed by atoms with van der Waals surface area (Å²) in [5, 5.41) is 2.44. The van der Waals surface area contributed by atoms with Gasteiger partial charge in [0, 0.05) is 18.8 Å². The van der Waals surface area contributed by atoms with E-state index in [4.69, 9.17) is 23.7 Å². The number of alkyl carbamates (subject to hydrolysis) is 1. The topological polar surface area (TPSA) is 168 Å². The lowest BCUT2D eigenvalue weighted by Gasteiger charge is -2.15. The minimum atomic E-state index is -1.00. The molecule has 0 fully saturated rings. The number of nitrogens with one attached hydrogen (secondary N) is 1. The summed E-state index contributed by atoms with van der Waals surface area (Å²) in [7, 11) is 0. The smallest absolute Gasteiger partial charge is 0.407 e. The van der Waals surface area contributed by atoms with Gasteiger partial charge in [-0.25, -0.2) is 29.0 Å². The minimum Gasteiger partial charge on any atom is -0.462 e. The summed E-state index contributed by atoms with van der Waals surface area (Å²) in [6, 6.07) is -1.00. The number of carbonyl (C=O) groups excluding carboxylic acids is 5. The molecular weight excluding hydrogens is 490 g/mol. The first-order valence-corrected chi connectivity index (χ1v) is 11.9. The van der Waals surface area contributed by atoms with E-state index in [9.17, 15) is 24.0 Å². The Kier molecular flexibility index (Phi) is 19.9. The van der Waals surface area contributed by atoms with Gasteiger partial charge in [0.15, 0.2) is 6.04 Å². The fourth-order valence-electron chi connectivity index (χ4n) is 2.61. The third-order valence-electron chi connectivity index (χ3n) is 4.41.